The van der Waals surface area contributed by atoms with Gasteiger partial charge in [-0.05, 0) is 0 Å². The number of rotatable bonds is 0. The SMILES string of the molecule is O=[PH]([O-])[O-].[Zn+2]. The van der Waals surface area contributed by atoms with E-state index >= 15 is 0 Å². The standard InChI is InChI=1S/H3O3P.Zn/c1-4(2)3;/h4H,(H2,1,2,3);/q;+2/p-2. The van der Waals surface area contributed by atoms with Crippen LogP contribution in [-0.4, -0.2) is 0 Å². The van der Waals surface area contributed by atoms with Crippen molar-refractivity contribution < 1.29 is 33.8 Å². The summed E-state index contributed by atoms with van der Waals surface area (Å²) in [6.45, 7) is 0. The van der Waals surface area contributed by atoms with Crippen molar-refractivity contribution in [3.63, 3.8) is 0 Å². The van der Waals surface area contributed by atoms with E-state index in [0.29, 0.717) is 0 Å². The van der Waals surface area contributed by atoms with Crippen molar-refractivity contribution in [1.82, 2.24) is 0 Å². The van der Waals surface area contributed by atoms with Gasteiger partial charge in [0.25, 0.3) is 0 Å². The van der Waals surface area contributed by atoms with Crippen molar-refractivity contribution in [2.45, 2.75) is 0 Å². The summed E-state index contributed by atoms with van der Waals surface area (Å²) in [6, 6.07) is 0. The van der Waals surface area contributed by atoms with Gasteiger partial charge in [0.15, 0.2) is 0 Å². The van der Waals surface area contributed by atoms with Gasteiger partial charge in [0.2, 0.25) is 0 Å². The molecule has 0 rings (SSSR count). The second-order valence-corrected chi connectivity index (χ2v) is 0.750. The molecule has 0 aromatic carbocycles. The van der Waals surface area contributed by atoms with Crippen molar-refractivity contribution in [2.24, 2.45) is 0 Å². The maximum Gasteiger partial charge on any atom is 2.00 e. The van der Waals surface area contributed by atoms with E-state index < -0.39 is 8.25 Å². The molecule has 0 saturated carbocycles. The monoisotopic (exact) mass is 144 g/mol. The van der Waals surface area contributed by atoms with Gasteiger partial charge < -0.3 is 14.4 Å². The van der Waals surface area contributed by atoms with Crippen LogP contribution in [0.15, 0.2) is 0 Å². The van der Waals surface area contributed by atoms with Gasteiger partial charge >= 0.3 is 19.5 Å². The van der Waals surface area contributed by atoms with Crippen LogP contribution < -0.4 is 9.79 Å². The fourth-order valence-corrected chi connectivity index (χ4v) is 0. The molecule has 0 fully saturated rings. The summed E-state index contributed by atoms with van der Waals surface area (Å²) < 4.78 is 8.52. The Morgan fingerprint density at radius 2 is 1.40 bits per heavy atom. The number of hydrogen-bond donors (Lipinski definition) is 0. The molecular weight excluding hydrogens is 144 g/mol. The molecule has 0 N–H and O–H groups in total. The van der Waals surface area contributed by atoms with E-state index in [0.717, 1.165) is 0 Å². The minimum Gasteiger partial charge on any atom is -0.813 e. The van der Waals surface area contributed by atoms with Gasteiger partial charge in [-0.15, -0.1) is 0 Å². The van der Waals surface area contributed by atoms with Gasteiger partial charge in [0.1, 0.15) is 0 Å². The zero-order valence-electron chi connectivity index (χ0n) is 2.43. The third kappa shape index (κ3) is 61.4. The Morgan fingerprint density at radius 3 is 1.40 bits per heavy atom. The van der Waals surface area contributed by atoms with Gasteiger partial charge in [0, 0.05) is 0 Å². The molecule has 0 unspecified atom stereocenters. The van der Waals surface area contributed by atoms with Crippen molar-refractivity contribution in [1.29, 1.82) is 0 Å². The molecule has 0 heterocycles. The van der Waals surface area contributed by atoms with Crippen molar-refractivity contribution in [2.75, 3.05) is 0 Å². The van der Waals surface area contributed by atoms with E-state index in [2.05, 4.69) is 0 Å². The normalized spacial score (nSPS) is 7.00. The van der Waals surface area contributed by atoms with Crippen LogP contribution in [0.4, 0.5) is 0 Å². The second kappa shape index (κ2) is 4.77. The van der Waals surface area contributed by atoms with Gasteiger partial charge in [-0.25, -0.2) is 0 Å². The van der Waals surface area contributed by atoms with Crippen molar-refractivity contribution >= 4 is 8.25 Å². The third-order valence-electron chi connectivity index (χ3n) is 0. The first-order chi connectivity index (χ1) is 1.73. The molecule has 0 radical (unpaired) electrons. The van der Waals surface area contributed by atoms with Crippen LogP contribution >= 0.6 is 8.25 Å². The van der Waals surface area contributed by atoms with Gasteiger partial charge in [-0.1, -0.05) is 8.25 Å². The molecule has 0 spiro atoms. The van der Waals surface area contributed by atoms with E-state index in [1.807, 2.05) is 0 Å². The van der Waals surface area contributed by atoms with E-state index in [1.165, 1.54) is 0 Å². The summed E-state index contributed by atoms with van der Waals surface area (Å²) in [4.78, 5) is 17.0. The molecule has 0 amide bonds. The Labute approximate surface area is 42.7 Å². The molecule has 0 bridgehead atoms. The molecule has 5 heavy (non-hydrogen) atoms. The van der Waals surface area contributed by atoms with Gasteiger partial charge in [0.05, 0.1) is 0 Å². The topological polar surface area (TPSA) is 63.2 Å². The zero-order chi connectivity index (χ0) is 3.58. The van der Waals surface area contributed by atoms with Gasteiger partial charge in [-0.2, -0.15) is 0 Å². The first-order valence-electron chi connectivity index (χ1n) is 0.612. The Balaban J connectivity index is 0. The molecule has 26 valence electrons. The predicted molar refractivity (Wildman–Crippen MR) is 9.00 cm³/mol. The van der Waals surface area contributed by atoms with Crippen LogP contribution in [-0.2, 0) is 24.0 Å². The molecule has 3 nitrogen and oxygen atoms in total. The fourth-order valence-electron chi connectivity index (χ4n) is 0. The average molecular weight is 145 g/mol. The van der Waals surface area contributed by atoms with Gasteiger partial charge in [-0.3, -0.25) is 0 Å². The largest absolute Gasteiger partial charge is 2.00 e. The quantitative estimate of drug-likeness (QED) is 0.295. The molecule has 0 aliphatic carbocycles. The maximum absolute atomic E-state index is 8.52. The van der Waals surface area contributed by atoms with Crippen molar-refractivity contribution in [3.8, 4) is 0 Å². The first kappa shape index (κ1) is 9.24. The fraction of sp³-hybridized carbons (Fsp3) is 0. The summed E-state index contributed by atoms with van der Waals surface area (Å²) in [6.07, 6.45) is 0. The molecule has 0 atom stereocenters. The third-order valence-corrected chi connectivity index (χ3v) is 0. The summed E-state index contributed by atoms with van der Waals surface area (Å²) in [5.41, 5.74) is 0. The smallest absolute Gasteiger partial charge is 0.813 e. The minimum absolute atomic E-state index is 0. The molecule has 0 aliphatic heterocycles. The van der Waals surface area contributed by atoms with Crippen LogP contribution in [0.1, 0.15) is 0 Å². The summed E-state index contributed by atoms with van der Waals surface area (Å²) >= 11 is 0. The van der Waals surface area contributed by atoms with E-state index in [-0.39, 0.29) is 19.5 Å². The Morgan fingerprint density at radius 1 is 1.40 bits per heavy atom. The molecule has 0 aliphatic rings. The average Bonchev–Trinajstić information content (AvgIpc) is 0.811. The molecule has 0 aromatic rings. The Bertz CT molecular complexity index is 29.9. The first-order valence-corrected chi connectivity index (χ1v) is 1.84. The minimum atomic E-state index is -3.63. The predicted octanol–water partition coefficient (Wildman–Crippen LogP) is -1.91. The van der Waals surface area contributed by atoms with Crippen LogP contribution in [0.5, 0.6) is 0 Å². The Kier molecular flexibility index (Phi) is 8.82. The summed E-state index contributed by atoms with van der Waals surface area (Å²) in [5, 5.41) is 0. The summed E-state index contributed by atoms with van der Waals surface area (Å²) in [7, 11) is -3.63. The molecule has 0 saturated heterocycles. The Hall–Kier alpha value is 0.773. The second-order valence-electron chi connectivity index (χ2n) is 0.250. The summed E-state index contributed by atoms with van der Waals surface area (Å²) in [5.74, 6) is 0. The van der Waals surface area contributed by atoms with E-state index in [1.54, 1.807) is 0 Å². The van der Waals surface area contributed by atoms with E-state index in [4.69, 9.17) is 14.4 Å². The van der Waals surface area contributed by atoms with Crippen molar-refractivity contribution in [3.05, 3.63) is 0 Å². The zero-order valence-corrected chi connectivity index (χ0v) is 6.40. The molecule has 5 heteroatoms. The van der Waals surface area contributed by atoms with E-state index in [9.17, 15) is 0 Å². The van der Waals surface area contributed by atoms with Crippen LogP contribution in [0.2, 0.25) is 0 Å². The molecule has 0 aromatic heterocycles. The number of hydrogen-bond acceptors (Lipinski definition) is 3. The molecular formula is HO3PZn. The maximum atomic E-state index is 8.52. The van der Waals surface area contributed by atoms with Crippen LogP contribution in [0, 0.1) is 0 Å². The van der Waals surface area contributed by atoms with Crippen LogP contribution in [0.25, 0.3) is 0 Å². The van der Waals surface area contributed by atoms with Crippen LogP contribution in [0.3, 0.4) is 0 Å².